The summed E-state index contributed by atoms with van der Waals surface area (Å²) in [5.41, 5.74) is 12.7. The van der Waals surface area contributed by atoms with Crippen LogP contribution in [0.4, 0.5) is 0 Å². The summed E-state index contributed by atoms with van der Waals surface area (Å²) in [5.74, 6) is 0. The average molecular weight is 290 g/mol. The summed E-state index contributed by atoms with van der Waals surface area (Å²) in [6.45, 7) is 4.62. The summed E-state index contributed by atoms with van der Waals surface area (Å²) < 4.78 is 0. The predicted molar refractivity (Wildman–Crippen MR) is 94.6 cm³/mol. The van der Waals surface area contributed by atoms with Crippen molar-refractivity contribution in [3.63, 3.8) is 0 Å². The molecular formula is C22H26. The zero-order valence-electron chi connectivity index (χ0n) is 14.0. The molecule has 0 saturated carbocycles. The van der Waals surface area contributed by atoms with Crippen LogP contribution in [-0.2, 0) is 25.7 Å². The van der Waals surface area contributed by atoms with E-state index in [1.54, 1.807) is 33.4 Å². The van der Waals surface area contributed by atoms with Crippen molar-refractivity contribution in [1.29, 1.82) is 0 Å². The van der Waals surface area contributed by atoms with Gasteiger partial charge in [-0.05, 0) is 110 Å². The molecule has 0 aliphatic heterocycles. The molecule has 0 aromatic heterocycles. The second-order valence-corrected chi connectivity index (χ2v) is 7.20. The molecule has 0 spiro atoms. The molecule has 0 heteroatoms. The van der Waals surface area contributed by atoms with Crippen molar-refractivity contribution in [3.8, 4) is 11.1 Å². The van der Waals surface area contributed by atoms with Crippen LogP contribution in [0.25, 0.3) is 11.1 Å². The maximum atomic E-state index is 2.39. The van der Waals surface area contributed by atoms with Crippen LogP contribution in [0.15, 0.2) is 24.3 Å². The summed E-state index contributed by atoms with van der Waals surface area (Å²) in [6, 6.07) is 9.50. The molecule has 114 valence electrons. The maximum Gasteiger partial charge on any atom is -0.0114 e. The molecule has 2 aliphatic carbocycles. The van der Waals surface area contributed by atoms with Gasteiger partial charge in [-0.2, -0.15) is 0 Å². The smallest absolute Gasteiger partial charge is 0.0114 e. The van der Waals surface area contributed by atoms with Crippen molar-refractivity contribution in [2.45, 2.75) is 65.2 Å². The minimum absolute atomic E-state index is 1.27. The Hall–Kier alpha value is -1.56. The number of rotatable bonds is 1. The first-order chi connectivity index (χ1) is 10.8. The van der Waals surface area contributed by atoms with E-state index in [1.165, 1.54) is 62.5 Å². The molecule has 0 unspecified atom stereocenters. The van der Waals surface area contributed by atoms with Crippen molar-refractivity contribution in [2.24, 2.45) is 0 Å². The van der Waals surface area contributed by atoms with Gasteiger partial charge in [0.05, 0.1) is 0 Å². The van der Waals surface area contributed by atoms with Gasteiger partial charge in [0.15, 0.2) is 0 Å². The molecule has 0 fully saturated rings. The van der Waals surface area contributed by atoms with Crippen LogP contribution >= 0.6 is 0 Å². The third kappa shape index (κ3) is 2.20. The quantitative estimate of drug-likeness (QED) is 0.629. The Morgan fingerprint density at radius 2 is 0.955 bits per heavy atom. The molecule has 2 aromatic rings. The number of benzene rings is 2. The van der Waals surface area contributed by atoms with Gasteiger partial charge in [-0.3, -0.25) is 0 Å². The molecule has 0 heterocycles. The number of hydrogen-bond acceptors (Lipinski definition) is 0. The van der Waals surface area contributed by atoms with Gasteiger partial charge >= 0.3 is 0 Å². The molecule has 0 atom stereocenters. The van der Waals surface area contributed by atoms with Crippen LogP contribution < -0.4 is 0 Å². The molecule has 0 radical (unpaired) electrons. The van der Waals surface area contributed by atoms with Crippen molar-refractivity contribution in [2.75, 3.05) is 0 Å². The van der Waals surface area contributed by atoms with Gasteiger partial charge in [0.25, 0.3) is 0 Å². The Kier molecular flexibility index (Phi) is 3.56. The van der Waals surface area contributed by atoms with E-state index in [0.717, 1.165) is 0 Å². The maximum absolute atomic E-state index is 2.39. The SMILES string of the molecule is Cc1ccc2c(c1-c1c(C)ccc3c1CCCC3)CCCC2. The molecular weight excluding hydrogens is 264 g/mol. The van der Waals surface area contributed by atoms with Crippen LogP contribution in [0.5, 0.6) is 0 Å². The minimum atomic E-state index is 1.27. The Balaban J connectivity index is 2.00. The van der Waals surface area contributed by atoms with Gasteiger partial charge in [0, 0.05) is 0 Å². The second kappa shape index (κ2) is 5.57. The van der Waals surface area contributed by atoms with Crippen LogP contribution in [0, 0.1) is 13.8 Å². The highest BCUT2D eigenvalue weighted by molar-refractivity contribution is 5.79. The van der Waals surface area contributed by atoms with E-state index in [9.17, 15) is 0 Å². The highest BCUT2D eigenvalue weighted by atomic mass is 14.3. The van der Waals surface area contributed by atoms with Crippen LogP contribution in [0.2, 0.25) is 0 Å². The molecule has 0 nitrogen and oxygen atoms in total. The predicted octanol–water partition coefficient (Wildman–Crippen LogP) is 5.73. The fraction of sp³-hybridized carbons (Fsp3) is 0.455. The Labute approximate surface area is 134 Å². The van der Waals surface area contributed by atoms with Crippen molar-refractivity contribution < 1.29 is 0 Å². The van der Waals surface area contributed by atoms with E-state index < -0.39 is 0 Å². The first-order valence-electron chi connectivity index (χ1n) is 8.99. The number of fused-ring (bicyclic) bond motifs is 2. The Bertz CT molecular complexity index is 658. The standard InChI is InChI=1S/C22H26/c1-15-11-13-17-7-3-5-9-19(17)21(15)22-16(2)12-14-18-8-4-6-10-20(18)22/h11-14H,3-10H2,1-2H3. The molecule has 4 rings (SSSR count). The third-order valence-corrected chi connectivity index (χ3v) is 5.73. The van der Waals surface area contributed by atoms with E-state index in [2.05, 4.69) is 38.1 Å². The second-order valence-electron chi connectivity index (χ2n) is 7.20. The molecule has 2 aromatic carbocycles. The van der Waals surface area contributed by atoms with Gasteiger partial charge in [0.2, 0.25) is 0 Å². The zero-order valence-corrected chi connectivity index (χ0v) is 14.0. The monoisotopic (exact) mass is 290 g/mol. The fourth-order valence-corrected chi connectivity index (χ4v) is 4.59. The normalized spacial score (nSPS) is 17.0. The molecule has 0 saturated heterocycles. The first kappa shape index (κ1) is 14.1. The van der Waals surface area contributed by atoms with E-state index in [1.807, 2.05) is 0 Å². The average Bonchev–Trinajstić information content (AvgIpc) is 2.56. The van der Waals surface area contributed by atoms with Gasteiger partial charge in [0.1, 0.15) is 0 Å². The summed E-state index contributed by atoms with van der Waals surface area (Å²) in [4.78, 5) is 0. The molecule has 2 aliphatic rings. The van der Waals surface area contributed by atoms with Crippen molar-refractivity contribution >= 4 is 0 Å². The van der Waals surface area contributed by atoms with E-state index in [-0.39, 0.29) is 0 Å². The lowest BCUT2D eigenvalue weighted by molar-refractivity contribution is 0.680. The van der Waals surface area contributed by atoms with Gasteiger partial charge in [-0.1, -0.05) is 24.3 Å². The topological polar surface area (TPSA) is 0 Å². The first-order valence-corrected chi connectivity index (χ1v) is 8.99. The Morgan fingerprint density at radius 1 is 0.545 bits per heavy atom. The molecule has 0 N–H and O–H groups in total. The van der Waals surface area contributed by atoms with Crippen molar-refractivity contribution in [1.82, 2.24) is 0 Å². The minimum Gasteiger partial charge on any atom is -0.0585 e. The van der Waals surface area contributed by atoms with Gasteiger partial charge in [-0.15, -0.1) is 0 Å². The summed E-state index contributed by atoms with van der Waals surface area (Å²) in [6.07, 6.45) is 10.5. The van der Waals surface area contributed by atoms with E-state index >= 15 is 0 Å². The van der Waals surface area contributed by atoms with E-state index in [0.29, 0.717) is 0 Å². The highest BCUT2D eigenvalue weighted by Crippen LogP contribution is 2.40. The lowest BCUT2D eigenvalue weighted by Gasteiger charge is -2.27. The number of aryl methyl sites for hydroxylation is 4. The summed E-state index contributed by atoms with van der Waals surface area (Å²) in [7, 11) is 0. The van der Waals surface area contributed by atoms with Crippen LogP contribution in [0.1, 0.15) is 59.1 Å². The van der Waals surface area contributed by atoms with Gasteiger partial charge < -0.3 is 0 Å². The fourth-order valence-electron chi connectivity index (χ4n) is 4.59. The van der Waals surface area contributed by atoms with Gasteiger partial charge in [-0.25, -0.2) is 0 Å². The largest absolute Gasteiger partial charge is 0.0585 e. The summed E-state index contributed by atoms with van der Waals surface area (Å²) in [5, 5.41) is 0. The van der Waals surface area contributed by atoms with E-state index in [4.69, 9.17) is 0 Å². The third-order valence-electron chi connectivity index (χ3n) is 5.73. The zero-order chi connectivity index (χ0) is 15.1. The lowest BCUT2D eigenvalue weighted by Crippen LogP contribution is -2.10. The van der Waals surface area contributed by atoms with Crippen LogP contribution in [0.3, 0.4) is 0 Å². The lowest BCUT2D eigenvalue weighted by atomic mass is 9.78. The molecule has 22 heavy (non-hydrogen) atoms. The van der Waals surface area contributed by atoms with Crippen molar-refractivity contribution in [3.05, 3.63) is 57.6 Å². The number of hydrogen-bond donors (Lipinski definition) is 0. The molecule has 0 amide bonds. The molecule has 0 bridgehead atoms. The highest BCUT2D eigenvalue weighted by Gasteiger charge is 2.22. The van der Waals surface area contributed by atoms with Crippen LogP contribution in [-0.4, -0.2) is 0 Å². The Morgan fingerprint density at radius 3 is 1.41 bits per heavy atom. The summed E-state index contributed by atoms with van der Waals surface area (Å²) >= 11 is 0.